The number of amides is 2. The van der Waals surface area contributed by atoms with E-state index in [0.717, 1.165) is 23.0 Å². The van der Waals surface area contributed by atoms with E-state index in [2.05, 4.69) is 20.8 Å². The molecule has 0 radical (unpaired) electrons. The number of imide groups is 1. The van der Waals surface area contributed by atoms with Gasteiger partial charge in [0, 0.05) is 12.1 Å². The van der Waals surface area contributed by atoms with Gasteiger partial charge in [-0.1, -0.05) is 32.9 Å². The smallest absolute Gasteiger partial charge is 0.417 e. The number of β-lactam (4-membered cyclic amide) rings is 1. The fraction of sp³-hybridized carbons (Fsp3) is 0.600. The highest BCUT2D eigenvalue weighted by atomic mass is 28.4. The second kappa shape index (κ2) is 8.62. The number of nitrogens with zero attached hydrogens (tertiary/aromatic N) is 2. The van der Waals surface area contributed by atoms with Gasteiger partial charge in [0.2, 0.25) is 0 Å². The largest absolute Gasteiger partial charge is 0.443 e. The van der Waals surface area contributed by atoms with E-state index >= 15 is 0 Å². The van der Waals surface area contributed by atoms with Gasteiger partial charge in [0.05, 0.1) is 4.92 Å². The van der Waals surface area contributed by atoms with Crippen LogP contribution in [0.4, 0.5) is 10.5 Å². The van der Waals surface area contributed by atoms with E-state index < -0.39 is 43.0 Å². The summed E-state index contributed by atoms with van der Waals surface area (Å²) >= 11 is 0. The van der Waals surface area contributed by atoms with Gasteiger partial charge in [0.15, 0.2) is 14.4 Å². The third-order valence-electron chi connectivity index (χ3n) is 5.39. The van der Waals surface area contributed by atoms with Gasteiger partial charge in [0.1, 0.15) is 11.6 Å². The molecule has 1 heterocycles. The maximum Gasteiger partial charge on any atom is 0.417 e. The molecule has 0 bridgehead atoms. The average Bonchev–Trinajstić information content (AvgIpc) is 2.66. The van der Waals surface area contributed by atoms with Crippen molar-refractivity contribution in [2.24, 2.45) is 0 Å². The van der Waals surface area contributed by atoms with Crippen LogP contribution in [-0.4, -0.2) is 41.8 Å². The number of nitro benzene ring substituents is 1. The van der Waals surface area contributed by atoms with Gasteiger partial charge in [0.25, 0.3) is 11.6 Å². The Balaban J connectivity index is 2.39. The molecule has 9 heteroatoms. The lowest BCUT2D eigenvalue weighted by Crippen LogP contribution is -2.65. The number of non-ortho nitro benzene ring substituents is 1. The number of likely N-dealkylation sites (tertiary alicyclic amines) is 1. The van der Waals surface area contributed by atoms with Gasteiger partial charge in [-0.3, -0.25) is 14.9 Å². The lowest BCUT2D eigenvalue weighted by atomic mass is 9.91. The van der Waals surface area contributed by atoms with Crippen molar-refractivity contribution in [3.05, 3.63) is 39.9 Å². The van der Waals surface area contributed by atoms with Gasteiger partial charge in [-0.05, 0) is 44.5 Å². The molecular formula is C20H30N2O6Si. The number of rotatable bonds is 7. The van der Waals surface area contributed by atoms with Crippen molar-refractivity contribution in [1.82, 2.24) is 4.90 Å². The lowest BCUT2D eigenvalue weighted by Gasteiger charge is -2.48. The fourth-order valence-electron chi connectivity index (χ4n) is 3.48. The second-order valence-corrected chi connectivity index (χ2v) is 13.0. The SMILES string of the molecule is CC[Si](CC)(CC)OC1C(=O)N(C(=O)OC(C)(C)C)C1c1ccc([N+](=O)[O-])cc1. The quantitative estimate of drug-likeness (QED) is 0.271. The fourth-order valence-corrected chi connectivity index (χ4v) is 6.25. The monoisotopic (exact) mass is 422 g/mol. The molecule has 2 atom stereocenters. The third kappa shape index (κ3) is 4.84. The maximum atomic E-state index is 12.9. The summed E-state index contributed by atoms with van der Waals surface area (Å²) < 4.78 is 11.8. The Morgan fingerprint density at radius 1 is 1.14 bits per heavy atom. The predicted molar refractivity (Wildman–Crippen MR) is 111 cm³/mol. The second-order valence-electron chi connectivity index (χ2n) is 8.26. The van der Waals surface area contributed by atoms with E-state index in [-0.39, 0.29) is 5.69 Å². The molecule has 8 nitrogen and oxygen atoms in total. The van der Waals surface area contributed by atoms with Crippen LogP contribution < -0.4 is 0 Å². The molecule has 1 fully saturated rings. The number of hydrogen-bond acceptors (Lipinski definition) is 6. The predicted octanol–water partition coefficient (Wildman–Crippen LogP) is 4.80. The van der Waals surface area contributed by atoms with Gasteiger partial charge < -0.3 is 9.16 Å². The molecular weight excluding hydrogens is 392 g/mol. The van der Waals surface area contributed by atoms with Crippen LogP contribution in [0.2, 0.25) is 18.1 Å². The van der Waals surface area contributed by atoms with Crippen LogP contribution in [0.25, 0.3) is 0 Å². The minimum atomic E-state index is -2.11. The zero-order chi connectivity index (χ0) is 22.0. The van der Waals surface area contributed by atoms with Crippen LogP contribution >= 0.6 is 0 Å². The first-order chi connectivity index (χ1) is 13.5. The minimum Gasteiger partial charge on any atom is -0.443 e. The molecule has 1 saturated heterocycles. The van der Waals surface area contributed by atoms with Gasteiger partial charge >= 0.3 is 6.09 Å². The number of nitro groups is 1. The van der Waals surface area contributed by atoms with Crippen LogP contribution in [-0.2, 0) is 14.0 Å². The Hall–Kier alpha value is -2.26. The van der Waals surface area contributed by atoms with Crippen molar-refractivity contribution in [2.45, 2.75) is 77.4 Å². The summed E-state index contributed by atoms with van der Waals surface area (Å²) in [4.78, 5) is 37.1. The molecule has 0 aromatic heterocycles. The Labute approximate surface area is 172 Å². The molecule has 2 rings (SSSR count). The Bertz CT molecular complexity index is 762. The zero-order valence-corrected chi connectivity index (χ0v) is 18.9. The lowest BCUT2D eigenvalue weighted by molar-refractivity contribution is -0.384. The van der Waals surface area contributed by atoms with Crippen molar-refractivity contribution in [3.8, 4) is 0 Å². The summed E-state index contributed by atoms with van der Waals surface area (Å²) in [5, 5.41) is 11.0. The Morgan fingerprint density at radius 2 is 1.66 bits per heavy atom. The summed E-state index contributed by atoms with van der Waals surface area (Å²) in [6.45, 7) is 11.4. The normalized spacial score (nSPS) is 19.7. The molecule has 1 aromatic carbocycles. The molecule has 2 unspecified atom stereocenters. The van der Waals surface area contributed by atoms with Gasteiger partial charge in [-0.2, -0.15) is 0 Å². The van der Waals surface area contributed by atoms with Crippen LogP contribution in [0.5, 0.6) is 0 Å². The maximum absolute atomic E-state index is 12.9. The first-order valence-corrected chi connectivity index (χ1v) is 12.5. The highest BCUT2D eigenvalue weighted by Crippen LogP contribution is 2.41. The summed E-state index contributed by atoms with van der Waals surface area (Å²) in [6.07, 6.45) is -1.52. The van der Waals surface area contributed by atoms with Crippen molar-refractivity contribution in [3.63, 3.8) is 0 Å². The van der Waals surface area contributed by atoms with E-state index in [1.807, 2.05) is 0 Å². The molecule has 1 aliphatic heterocycles. The molecule has 29 heavy (non-hydrogen) atoms. The first kappa shape index (κ1) is 23.0. The van der Waals surface area contributed by atoms with Crippen LogP contribution in [0.15, 0.2) is 24.3 Å². The molecule has 0 saturated carbocycles. The van der Waals surface area contributed by atoms with Gasteiger partial charge in [-0.15, -0.1) is 0 Å². The molecule has 2 amide bonds. The molecule has 160 valence electrons. The highest BCUT2D eigenvalue weighted by Gasteiger charge is 2.56. The minimum absolute atomic E-state index is 0.0555. The number of carbonyl (C=O) groups is 2. The number of benzene rings is 1. The van der Waals surface area contributed by atoms with Crippen LogP contribution in [0.1, 0.15) is 53.1 Å². The number of carbonyl (C=O) groups excluding carboxylic acids is 2. The first-order valence-electron chi connectivity index (χ1n) is 9.96. The topological polar surface area (TPSA) is 99.0 Å². The Morgan fingerprint density at radius 3 is 2.07 bits per heavy atom. The van der Waals surface area contributed by atoms with E-state index in [0.29, 0.717) is 5.56 Å². The van der Waals surface area contributed by atoms with Crippen molar-refractivity contribution in [1.29, 1.82) is 0 Å². The van der Waals surface area contributed by atoms with Gasteiger partial charge in [-0.25, -0.2) is 9.69 Å². The van der Waals surface area contributed by atoms with Crippen LogP contribution in [0.3, 0.4) is 0 Å². The van der Waals surface area contributed by atoms with E-state index in [1.54, 1.807) is 32.9 Å². The standard InChI is InChI=1S/C20H30N2O6Si/c1-7-29(8-2,9-3)28-17-16(14-10-12-15(13-11-14)22(25)26)21(18(17)23)19(24)27-20(4,5)6/h10-13,16-17H,7-9H2,1-6H3. The van der Waals surface area contributed by atoms with E-state index in [9.17, 15) is 19.7 Å². The summed E-state index contributed by atoms with van der Waals surface area (Å²) in [6, 6.07) is 7.80. The van der Waals surface area contributed by atoms with Crippen LogP contribution in [0, 0.1) is 10.1 Å². The summed E-state index contributed by atoms with van der Waals surface area (Å²) in [5.74, 6) is -0.421. The molecule has 1 aromatic rings. The van der Waals surface area contributed by atoms with Crippen molar-refractivity contribution in [2.75, 3.05) is 0 Å². The summed E-state index contributed by atoms with van der Waals surface area (Å²) in [5.41, 5.74) is -0.199. The highest BCUT2D eigenvalue weighted by molar-refractivity contribution is 6.73. The van der Waals surface area contributed by atoms with E-state index in [1.165, 1.54) is 12.1 Å². The third-order valence-corrected chi connectivity index (χ3v) is 10.0. The molecule has 0 aliphatic carbocycles. The molecule has 0 spiro atoms. The van der Waals surface area contributed by atoms with Crippen molar-refractivity contribution >= 4 is 26.0 Å². The molecule has 1 aliphatic rings. The Kier molecular flexibility index (Phi) is 6.84. The number of hydrogen-bond donors (Lipinski definition) is 0. The van der Waals surface area contributed by atoms with Crippen molar-refractivity contribution < 1.29 is 23.7 Å². The average molecular weight is 423 g/mol. The number of ether oxygens (including phenoxy) is 1. The zero-order valence-electron chi connectivity index (χ0n) is 17.9. The van der Waals surface area contributed by atoms with E-state index in [4.69, 9.17) is 9.16 Å². The molecule has 0 N–H and O–H groups in total. The summed E-state index contributed by atoms with van der Waals surface area (Å²) in [7, 11) is -2.11.